The third-order valence-electron chi connectivity index (χ3n) is 3.74. The molecule has 0 aliphatic heterocycles. The number of benzene rings is 2. The predicted molar refractivity (Wildman–Crippen MR) is 101 cm³/mol. The first-order valence-corrected chi connectivity index (χ1v) is 8.96. The van der Waals surface area contributed by atoms with E-state index in [1.165, 1.54) is 11.8 Å². The monoisotopic (exact) mass is 347 g/mol. The molecule has 0 radical (unpaired) electrons. The van der Waals surface area contributed by atoms with Gasteiger partial charge in [0.1, 0.15) is 29.8 Å². The van der Waals surface area contributed by atoms with E-state index >= 15 is 0 Å². The molecule has 1 aromatic heterocycles. The van der Waals surface area contributed by atoms with Crippen LogP contribution in [-0.2, 0) is 6.61 Å². The van der Waals surface area contributed by atoms with Gasteiger partial charge in [-0.05, 0) is 30.0 Å². The largest absolute Gasteiger partial charge is 0.488 e. The van der Waals surface area contributed by atoms with Gasteiger partial charge in [-0.3, -0.25) is 0 Å². The van der Waals surface area contributed by atoms with Gasteiger partial charge in [0.05, 0.1) is 5.69 Å². The fourth-order valence-electron chi connectivity index (χ4n) is 2.49. The number of nitriles is 1. The van der Waals surface area contributed by atoms with Gasteiger partial charge in [-0.25, -0.2) is 4.98 Å². The highest BCUT2D eigenvalue weighted by Crippen LogP contribution is 2.34. The quantitative estimate of drug-likeness (QED) is 0.688. The smallest absolute Gasteiger partial charge is 0.143 e. The van der Waals surface area contributed by atoms with Crippen LogP contribution in [0.1, 0.15) is 11.1 Å². The topological polar surface area (TPSA) is 71.9 Å². The summed E-state index contributed by atoms with van der Waals surface area (Å²) in [5, 5.41) is 9.25. The Morgan fingerprint density at radius 3 is 2.56 bits per heavy atom. The number of nitrogens with zero attached hydrogens (tertiary/aromatic N) is 2. The summed E-state index contributed by atoms with van der Waals surface area (Å²) >= 11 is 1.48. The summed E-state index contributed by atoms with van der Waals surface area (Å²) in [5.74, 6) is 0.970. The molecule has 3 rings (SSSR count). The number of para-hydroxylation sites is 1. The maximum Gasteiger partial charge on any atom is 0.143 e. The van der Waals surface area contributed by atoms with Crippen molar-refractivity contribution in [3.8, 4) is 23.1 Å². The van der Waals surface area contributed by atoms with Crippen molar-refractivity contribution in [2.45, 2.75) is 11.5 Å². The molecule has 25 heavy (non-hydrogen) atoms. The number of nitrogen functional groups attached to an aromatic ring is 1. The molecule has 0 unspecified atom stereocenters. The molecule has 1 heterocycles. The number of rotatable bonds is 5. The Bertz CT molecular complexity index is 920. The van der Waals surface area contributed by atoms with Gasteiger partial charge in [0.15, 0.2) is 0 Å². The normalized spacial score (nSPS) is 10.2. The van der Waals surface area contributed by atoms with Gasteiger partial charge in [-0.15, -0.1) is 11.8 Å². The first-order valence-electron chi connectivity index (χ1n) is 7.73. The average Bonchev–Trinajstić information content (AvgIpc) is 2.66. The fraction of sp³-hybridized carbons (Fsp3) is 0.100. The van der Waals surface area contributed by atoms with Crippen molar-refractivity contribution in [1.82, 2.24) is 4.98 Å². The minimum absolute atomic E-state index is 0.238. The number of pyridine rings is 1. The standard InChI is InChI=1S/C20H17N3OS/c1-25-19-11-17(23-20(22)16(19)12-21)15-9-5-6-10-18(15)24-13-14-7-3-2-4-8-14/h2-11H,13H2,1H3,(H2,22,23). The van der Waals surface area contributed by atoms with Crippen LogP contribution in [0.3, 0.4) is 0 Å². The van der Waals surface area contributed by atoms with E-state index < -0.39 is 0 Å². The average molecular weight is 347 g/mol. The lowest BCUT2D eigenvalue weighted by Gasteiger charge is -2.13. The molecule has 2 aromatic carbocycles. The molecular formula is C20H17N3OS. The van der Waals surface area contributed by atoms with E-state index in [0.29, 0.717) is 17.9 Å². The minimum atomic E-state index is 0.238. The molecule has 0 bridgehead atoms. The summed E-state index contributed by atoms with van der Waals surface area (Å²) in [4.78, 5) is 5.21. The lowest BCUT2D eigenvalue weighted by molar-refractivity contribution is 0.307. The summed E-state index contributed by atoms with van der Waals surface area (Å²) in [5.41, 5.74) is 9.03. The van der Waals surface area contributed by atoms with Crippen LogP contribution in [0.25, 0.3) is 11.3 Å². The highest BCUT2D eigenvalue weighted by Gasteiger charge is 2.14. The van der Waals surface area contributed by atoms with Crippen LogP contribution in [0.15, 0.2) is 65.6 Å². The number of thioether (sulfide) groups is 1. The summed E-state index contributed by atoms with van der Waals surface area (Å²) < 4.78 is 5.99. The highest BCUT2D eigenvalue weighted by atomic mass is 32.2. The van der Waals surface area contributed by atoms with Crippen molar-refractivity contribution in [2.75, 3.05) is 12.0 Å². The van der Waals surface area contributed by atoms with E-state index in [9.17, 15) is 5.26 Å². The molecule has 0 aliphatic carbocycles. The third-order valence-corrected chi connectivity index (χ3v) is 4.50. The molecule has 124 valence electrons. The highest BCUT2D eigenvalue weighted by molar-refractivity contribution is 7.98. The predicted octanol–water partition coefficient (Wildman–Crippen LogP) is 4.50. The molecular weight excluding hydrogens is 330 g/mol. The van der Waals surface area contributed by atoms with E-state index in [1.807, 2.05) is 66.9 Å². The zero-order valence-corrected chi connectivity index (χ0v) is 14.6. The van der Waals surface area contributed by atoms with E-state index in [1.54, 1.807) is 0 Å². The van der Waals surface area contributed by atoms with Gasteiger partial charge in [0.2, 0.25) is 0 Å². The number of anilines is 1. The molecule has 4 nitrogen and oxygen atoms in total. The van der Waals surface area contributed by atoms with Gasteiger partial charge in [-0.1, -0.05) is 42.5 Å². The Balaban J connectivity index is 1.96. The molecule has 5 heteroatoms. The molecule has 0 amide bonds. The van der Waals surface area contributed by atoms with Gasteiger partial charge >= 0.3 is 0 Å². The number of aromatic nitrogens is 1. The van der Waals surface area contributed by atoms with E-state index in [0.717, 1.165) is 21.8 Å². The maximum absolute atomic E-state index is 9.25. The zero-order chi connectivity index (χ0) is 17.6. The van der Waals surface area contributed by atoms with Crippen LogP contribution in [0.2, 0.25) is 0 Å². The first kappa shape index (κ1) is 16.9. The van der Waals surface area contributed by atoms with Crippen LogP contribution in [0, 0.1) is 11.3 Å². The van der Waals surface area contributed by atoms with Gasteiger partial charge < -0.3 is 10.5 Å². The molecule has 0 fully saturated rings. The summed E-state index contributed by atoms with van der Waals surface area (Å²) in [6, 6.07) is 21.7. The lowest BCUT2D eigenvalue weighted by atomic mass is 10.1. The lowest BCUT2D eigenvalue weighted by Crippen LogP contribution is -2.01. The second kappa shape index (κ2) is 7.73. The van der Waals surface area contributed by atoms with E-state index in [2.05, 4.69) is 11.1 Å². The van der Waals surface area contributed by atoms with Crippen molar-refractivity contribution in [2.24, 2.45) is 0 Å². The molecule has 0 aliphatic rings. The zero-order valence-electron chi connectivity index (χ0n) is 13.8. The molecule has 0 saturated heterocycles. The van der Waals surface area contributed by atoms with Crippen molar-refractivity contribution in [3.63, 3.8) is 0 Å². The van der Waals surface area contributed by atoms with Gasteiger partial charge in [-0.2, -0.15) is 5.26 Å². The van der Waals surface area contributed by atoms with Crippen LogP contribution in [0.4, 0.5) is 5.82 Å². The third kappa shape index (κ3) is 3.76. The SMILES string of the molecule is CSc1cc(-c2ccccc2OCc2ccccc2)nc(N)c1C#N. The Morgan fingerprint density at radius 2 is 1.84 bits per heavy atom. The Morgan fingerprint density at radius 1 is 1.12 bits per heavy atom. The van der Waals surface area contributed by atoms with Crippen molar-refractivity contribution >= 4 is 17.6 Å². The fourth-order valence-corrected chi connectivity index (χ4v) is 3.08. The van der Waals surface area contributed by atoms with E-state index in [4.69, 9.17) is 10.5 Å². The summed E-state index contributed by atoms with van der Waals surface area (Å²) in [7, 11) is 0. The van der Waals surface area contributed by atoms with E-state index in [-0.39, 0.29) is 5.82 Å². The summed E-state index contributed by atoms with van der Waals surface area (Å²) in [6.45, 7) is 0.471. The van der Waals surface area contributed by atoms with Gasteiger partial charge in [0.25, 0.3) is 0 Å². The Hall–Kier alpha value is -2.97. The van der Waals surface area contributed by atoms with Crippen molar-refractivity contribution in [3.05, 3.63) is 71.8 Å². The number of nitrogens with two attached hydrogens (primary N) is 1. The second-order valence-corrected chi connectivity index (χ2v) is 6.20. The van der Waals surface area contributed by atoms with Crippen LogP contribution in [-0.4, -0.2) is 11.2 Å². The van der Waals surface area contributed by atoms with Gasteiger partial charge in [0, 0.05) is 10.5 Å². The molecule has 2 N–H and O–H groups in total. The maximum atomic E-state index is 9.25. The minimum Gasteiger partial charge on any atom is -0.488 e. The molecule has 0 saturated carbocycles. The van der Waals surface area contributed by atoms with Crippen molar-refractivity contribution in [1.29, 1.82) is 5.26 Å². The number of hydrogen-bond donors (Lipinski definition) is 1. The molecule has 3 aromatic rings. The van der Waals surface area contributed by atoms with Crippen LogP contribution < -0.4 is 10.5 Å². The first-order chi connectivity index (χ1) is 12.2. The summed E-state index contributed by atoms with van der Waals surface area (Å²) in [6.07, 6.45) is 1.91. The van der Waals surface area contributed by atoms with Crippen LogP contribution in [0.5, 0.6) is 5.75 Å². The Kier molecular flexibility index (Phi) is 5.22. The second-order valence-electron chi connectivity index (χ2n) is 5.35. The Labute approximate surface area is 151 Å². The van der Waals surface area contributed by atoms with Crippen molar-refractivity contribution < 1.29 is 4.74 Å². The molecule has 0 spiro atoms. The molecule has 0 atom stereocenters. The number of hydrogen-bond acceptors (Lipinski definition) is 5. The number of ether oxygens (including phenoxy) is 1. The van der Waals surface area contributed by atoms with Crippen LogP contribution >= 0.6 is 11.8 Å².